The first kappa shape index (κ1) is 23.4. The van der Waals surface area contributed by atoms with Gasteiger partial charge in [-0.3, -0.25) is 4.98 Å². The summed E-state index contributed by atoms with van der Waals surface area (Å²) in [6, 6.07) is 6.34. The van der Waals surface area contributed by atoms with Crippen molar-refractivity contribution in [2.75, 3.05) is 44.7 Å². The van der Waals surface area contributed by atoms with E-state index in [1.54, 1.807) is 12.1 Å². The normalized spacial score (nSPS) is 20.8. The van der Waals surface area contributed by atoms with E-state index in [0.717, 1.165) is 38.8 Å². The van der Waals surface area contributed by atoms with Gasteiger partial charge in [-0.05, 0) is 51.4 Å². The minimum Gasteiger partial charge on any atom is -0.462 e. The summed E-state index contributed by atoms with van der Waals surface area (Å²) >= 11 is 0. The smallest absolute Gasteiger partial charge is 0.319 e. The number of rotatable bonds is 6. The summed E-state index contributed by atoms with van der Waals surface area (Å²) in [6.07, 6.45) is 5.54. The molecule has 5 rings (SSSR count). The number of piperidine rings is 1. The maximum atomic E-state index is 15.8. The molecule has 0 amide bonds. The summed E-state index contributed by atoms with van der Waals surface area (Å²) in [6.45, 7) is 10.5. The fourth-order valence-electron chi connectivity index (χ4n) is 5.06. The summed E-state index contributed by atoms with van der Waals surface area (Å²) in [7, 11) is 2.06. The van der Waals surface area contributed by atoms with Gasteiger partial charge in [-0.1, -0.05) is 12.1 Å². The molecule has 3 aromatic rings. The van der Waals surface area contributed by atoms with Gasteiger partial charge >= 0.3 is 6.01 Å². The van der Waals surface area contributed by atoms with Crippen LogP contribution in [0.1, 0.15) is 25.7 Å². The number of benzene rings is 1. The Balaban J connectivity index is 1.57. The van der Waals surface area contributed by atoms with E-state index in [4.69, 9.17) is 11.3 Å². The maximum absolute atomic E-state index is 15.8. The third kappa shape index (κ3) is 4.76. The number of anilines is 1. The van der Waals surface area contributed by atoms with Crippen LogP contribution in [0.4, 0.5) is 14.6 Å². The molecule has 0 aliphatic carbocycles. The molecule has 2 aliphatic heterocycles. The number of fused-ring (bicyclic) bond motifs is 1. The first-order chi connectivity index (χ1) is 17.0. The van der Waals surface area contributed by atoms with Crippen molar-refractivity contribution in [3.8, 4) is 17.3 Å². The molecule has 1 aromatic carbocycles. The third-order valence-electron chi connectivity index (χ3n) is 7.02. The molecule has 0 bridgehead atoms. The van der Waals surface area contributed by atoms with Crippen molar-refractivity contribution < 1.29 is 13.5 Å². The summed E-state index contributed by atoms with van der Waals surface area (Å²) < 4.78 is 36.3. The van der Waals surface area contributed by atoms with Crippen LogP contribution in [0.3, 0.4) is 0 Å². The molecule has 2 atom stereocenters. The lowest BCUT2D eigenvalue weighted by Crippen LogP contribution is -2.37. The third-order valence-corrected chi connectivity index (χ3v) is 7.02. The quantitative estimate of drug-likeness (QED) is 0.484. The van der Waals surface area contributed by atoms with Crippen LogP contribution >= 0.6 is 0 Å². The Morgan fingerprint density at radius 2 is 1.97 bits per heavy atom. The Morgan fingerprint density at radius 1 is 1.14 bits per heavy atom. The Bertz CT molecular complexity index is 1260. The molecule has 0 N–H and O–H groups in total. The molecule has 0 radical (unpaired) electrons. The standard InChI is InChI=1S/C26H28F2N6O/c1-29-13-17-7-5-12-34(15-17)25-20-14-30-23(19-9-3-4-10-21(19)27)22(28)24(20)31-26(32-25)35-16-18-8-6-11-33(18)2/h3-4,9-10,14,17-18H,5-8,11-13,15-16H2,2H3/t17-,18-/m0/s1. The zero-order valence-corrected chi connectivity index (χ0v) is 19.8. The van der Waals surface area contributed by atoms with Crippen molar-refractivity contribution in [2.24, 2.45) is 5.92 Å². The van der Waals surface area contributed by atoms with Crippen LogP contribution in [-0.2, 0) is 0 Å². The van der Waals surface area contributed by atoms with E-state index in [2.05, 4.69) is 36.6 Å². The monoisotopic (exact) mass is 478 g/mol. The number of pyridine rings is 1. The molecular formula is C26H28F2N6O. The molecule has 0 spiro atoms. The predicted molar refractivity (Wildman–Crippen MR) is 130 cm³/mol. The number of ether oxygens (including phenoxy) is 1. The van der Waals surface area contributed by atoms with Crippen molar-refractivity contribution in [1.82, 2.24) is 19.9 Å². The Labute approximate surface area is 203 Å². The number of likely N-dealkylation sites (tertiary alicyclic amines) is 1. The first-order valence-electron chi connectivity index (χ1n) is 12.1. The number of hydrogen-bond donors (Lipinski definition) is 0. The maximum Gasteiger partial charge on any atom is 0.319 e. The highest BCUT2D eigenvalue weighted by Gasteiger charge is 2.28. The van der Waals surface area contributed by atoms with E-state index in [9.17, 15) is 4.39 Å². The van der Waals surface area contributed by atoms with Crippen molar-refractivity contribution >= 4 is 16.7 Å². The molecule has 4 heterocycles. The molecule has 2 aliphatic rings. The van der Waals surface area contributed by atoms with E-state index in [0.29, 0.717) is 30.9 Å². The van der Waals surface area contributed by atoms with E-state index in [1.165, 1.54) is 18.3 Å². The van der Waals surface area contributed by atoms with Gasteiger partial charge in [0.2, 0.25) is 6.54 Å². The van der Waals surface area contributed by atoms with Crippen LogP contribution in [0.5, 0.6) is 6.01 Å². The van der Waals surface area contributed by atoms with Gasteiger partial charge < -0.3 is 19.4 Å². The number of likely N-dealkylation sites (N-methyl/N-ethyl adjacent to an activating group) is 1. The molecule has 7 nitrogen and oxygen atoms in total. The summed E-state index contributed by atoms with van der Waals surface area (Å²) in [5.41, 5.74) is 0.0498. The largest absolute Gasteiger partial charge is 0.462 e. The van der Waals surface area contributed by atoms with Crippen molar-refractivity contribution in [3.05, 3.63) is 53.5 Å². The minimum atomic E-state index is -0.700. The highest BCUT2D eigenvalue weighted by Crippen LogP contribution is 2.34. The molecule has 0 saturated carbocycles. The second-order valence-corrected chi connectivity index (χ2v) is 9.38. The van der Waals surface area contributed by atoms with Crippen LogP contribution in [0.25, 0.3) is 27.0 Å². The summed E-state index contributed by atoms with van der Waals surface area (Å²) in [4.78, 5) is 21.3. The van der Waals surface area contributed by atoms with Crippen LogP contribution < -0.4 is 9.64 Å². The fourth-order valence-corrected chi connectivity index (χ4v) is 5.06. The van der Waals surface area contributed by atoms with Gasteiger partial charge in [0.1, 0.15) is 29.5 Å². The first-order valence-corrected chi connectivity index (χ1v) is 12.1. The van der Waals surface area contributed by atoms with Gasteiger partial charge in [0.25, 0.3) is 0 Å². The average molecular weight is 479 g/mol. The van der Waals surface area contributed by atoms with E-state index in [1.807, 2.05) is 0 Å². The summed E-state index contributed by atoms with van der Waals surface area (Å²) in [5.74, 6) is -0.482. The van der Waals surface area contributed by atoms with Gasteiger partial charge in [-0.2, -0.15) is 9.97 Å². The lowest BCUT2D eigenvalue weighted by Gasteiger charge is -2.32. The highest BCUT2D eigenvalue weighted by molar-refractivity contribution is 5.92. The molecule has 2 fully saturated rings. The number of nitrogens with zero attached hydrogens (tertiary/aromatic N) is 6. The van der Waals surface area contributed by atoms with Gasteiger partial charge in [0.05, 0.1) is 5.39 Å². The van der Waals surface area contributed by atoms with E-state index < -0.39 is 11.6 Å². The van der Waals surface area contributed by atoms with E-state index in [-0.39, 0.29) is 34.7 Å². The Morgan fingerprint density at radius 3 is 2.74 bits per heavy atom. The molecule has 182 valence electrons. The zero-order valence-electron chi connectivity index (χ0n) is 19.8. The minimum absolute atomic E-state index is 0.0605. The molecule has 0 unspecified atom stereocenters. The zero-order chi connectivity index (χ0) is 24.4. The van der Waals surface area contributed by atoms with Gasteiger partial charge in [0, 0.05) is 36.8 Å². The topological polar surface area (TPSA) is 58.7 Å². The molecule has 35 heavy (non-hydrogen) atoms. The van der Waals surface area contributed by atoms with Crippen molar-refractivity contribution in [3.63, 3.8) is 0 Å². The fraction of sp³-hybridized carbons (Fsp3) is 0.462. The molecule has 9 heteroatoms. The molecule has 2 saturated heterocycles. The number of aromatic nitrogens is 3. The number of halogens is 2. The summed E-state index contributed by atoms with van der Waals surface area (Å²) in [5, 5.41) is 0.455. The lowest BCUT2D eigenvalue weighted by molar-refractivity contribution is 0.188. The Kier molecular flexibility index (Phi) is 6.73. The Hall–Kier alpha value is -3.38. The van der Waals surface area contributed by atoms with Crippen LogP contribution in [0.2, 0.25) is 0 Å². The second-order valence-electron chi connectivity index (χ2n) is 9.38. The molecule has 2 aromatic heterocycles. The highest BCUT2D eigenvalue weighted by atomic mass is 19.1. The molecular weight excluding hydrogens is 450 g/mol. The van der Waals surface area contributed by atoms with E-state index >= 15 is 4.39 Å². The van der Waals surface area contributed by atoms with Gasteiger partial charge in [-0.15, -0.1) is 0 Å². The average Bonchev–Trinajstić information content (AvgIpc) is 3.28. The van der Waals surface area contributed by atoms with Gasteiger partial charge in [-0.25, -0.2) is 15.4 Å². The SMILES string of the molecule is [C-]#[N+]C[C@@H]1CCCN(c2nc(OC[C@@H]3CCCN3C)nc3c(F)c(-c4ccccc4F)ncc23)C1. The van der Waals surface area contributed by atoms with Gasteiger partial charge in [0.15, 0.2) is 5.82 Å². The number of hydrogen-bond acceptors (Lipinski definition) is 6. The predicted octanol–water partition coefficient (Wildman–Crippen LogP) is 4.58. The van der Waals surface area contributed by atoms with Crippen LogP contribution in [0, 0.1) is 24.1 Å². The lowest BCUT2D eigenvalue weighted by atomic mass is 9.98. The van der Waals surface area contributed by atoms with Crippen molar-refractivity contribution in [2.45, 2.75) is 31.7 Å². The second kappa shape index (κ2) is 10.1. The van der Waals surface area contributed by atoms with Crippen LogP contribution in [-0.4, -0.2) is 65.7 Å². The van der Waals surface area contributed by atoms with Crippen LogP contribution in [0.15, 0.2) is 30.5 Å². The van der Waals surface area contributed by atoms with Crippen molar-refractivity contribution in [1.29, 1.82) is 0 Å².